The highest BCUT2D eigenvalue weighted by Crippen LogP contribution is 2.14. The van der Waals surface area contributed by atoms with Crippen LogP contribution in [-0.2, 0) is 6.42 Å². The van der Waals surface area contributed by atoms with Crippen LogP contribution in [0.5, 0.6) is 0 Å². The van der Waals surface area contributed by atoms with E-state index in [0.29, 0.717) is 5.92 Å². The summed E-state index contributed by atoms with van der Waals surface area (Å²) in [7, 11) is 0. The maximum absolute atomic E-state index is 12.7. The molecule has 16 heavy (non-hydrogen) atoms. The molecule has 0 heterocycles. The molecule has 0 amide bonds. The second-order valence-electron chi connectivity index (χ2n) is 4.72. The van der Waals surface area contributed by atoms with Gasteiger partial charge in [0.1, 0.15) is 5.82 Å². The highest BCUT2D eigenvalue weighted by atomic mass is 19.1. The van der Waals surface area contributed by atoms with Crippen molar-refractivity contribution >= 4 is 0 Å². The minimum atomic E-state index is -0.184. The van der Waals surface area contributed by atoms with Gasteiger partial charge in [0.25, 0.3) is 0 Å². The molecule has 1 aromatic rings. The van der Waals surface area contributed by atoms with E-state index in [1.807, 2.05) is 12.1 Å². The Morgan fingerprint density at radius 2 is 1.88 bits per heavy atom. The molecule has 0 fully saturated rings. The van der Waals surface area contributed by atoms with Crippen molar-refractivity contribution in [3.8, 4) is 0 Å². The van der Waals surface area contributed by atoms with Crippen LogP contribution < -0.4 is 5.73 Å². The molecule has 0 aromatic heterocycles. The largest absolute Gasteiger partial charge is 0.327 e. The van der Waals surface area contributed by atoms with Gasteiger partial charge in [0, 0.05) is 6.04 Å². The number of nitrogens with two attached hydrogens (primary N) is 1. The van der Waals surface area contributed by atoms with Crippen LogP contribution >= 0.6 is 0 Å². The number of hydrogen-bond donors (Lipinski definition) is 1. The minimum Gasteiger partial charge on any atom is -0.327 e. The van der Waals surface area contributed by atoms with Crippen LogP contribution in [0.4, 0.5) is 4.39 Å². The Labute approximate surface area is 97.9 Å². The Morgan fingerprint density at radius 3 is 2.44 bits per heavy atom. The van der Waals surface area contributed by atoms with Crippen molar-refractivity contribution in [2.24, 2.45) is 11.7 Å². The number of rotatable bonds is 6. The Kier molecular flexibility index (Phi) is 5.47. The van der Waals surface area contributed by atoms with Crippen molar-refractivity contribution in [3.05, 3.63) is 35.6 Å². The normalized spacial score (nSPS) is 14.8. The molecule has 90 valence electrons. The lowest BCUT2D eigenvalue weighted by Crippen LogP contribution is -2.25. The van der Waals surface area contributed by atoms with E-state index in [9.17, 15) is 4.39 Å². The van der Waals surface area contributed by atoms with Crippen LogP contribution in [0.25, 0.3) is 0 Å². The molecule has 0 aliphatic rings. The van der Waals surface area contributed by atoms with Gasteiger partial charge in [-0.25, -0.2) is 4.39 Å². The molecule has 2 heteroatoms. The summed E-state index contributed by atoms with van der Waals surface area (Å²) in [6.07, 6.45) is 4.33. The maximum atomic E-state index is 12.7. The molecule has 1 aromatic carbocycles. The Hall–Kier alpha value is -0.890. The number of halogens is 1. The molecule has 1 nitrogen and oxygen atoms in total. The molecular weight excluding hydrogens is 201 g/mol. The average Bonchev–Trinajstić information content (AvgIpc) is 2.21. The van der Waals surface area contributed by atoms with E-state index in [-0.39, 0.29) is 11.9 Å². The summed E-state index contributed by atoms with van der Waals surface area (Å²) in [6, 6.07) is 6.82. The van der Waals surface area contributed by atoms with E-state index >= 15 is 0 Å². The molecular formula is C14H22FN. The highest BCUT2D eigenvalue weighted by Gasteiger charge is 2.09. The second-order valence-corrected chi connectivity index (χ2v) is 4.72. The van der Waals surface area contributed by atoms with Gasteiger partial charge in [-0.2, -0.15) is 0 Å². The molecule has 2 unspecified atom stereocenters. The molecule has 2 N–H and O–H groups in total. The van der Waals surface area contributed by atoms with Crippen LogP contribution in [0.15, 0.2) is 24.3 Å². The quantitative estimate of drug-likeness (QED) is 0.784. The second kappa shape index (κ2) is 6.64. The maximum Gasteiger partial charge on any atom is 0.123 e. The van der Waals surface area contributed by atoms with Gasteiger partial charge >= 0.3 is 0 Å². The first-order valence-electron chi connectivity index (χ1n) is 6.11. The van der Waals surface area contributed by atoms with Gasteiger partial charge in [-0.05, 0) is 36.5 Å². The van der Waals surface area contributed by atoms with Crippen LogP contribution in [0.1, 0.15) is 38.7 Å². The van der Waals surface area contributed by atoms with Crippen molar-refractivity contribution in [3.63, 3.8) is 0 Å². The fourth-order valence-corrected chi connectivity index (χ4v) is 2.13. The fraction of sp³-hybridized carbons (Fsp3) is 0.571. The van der Waals surface area contributed by atoms with Gasteiger partial charge in [-0.1, -0.05) is 38.8 Å². The predicted molar refractivity (Wildman–Crippen MR) is 66.8 cm³/mol. The van der Waals surface area contributed by atoms with Gasteiger partial charge in [-0.3, -0.25) is 0 Å². The lowest BCUT2D eigenvalue weighted by atomic mass is 9.94. The summed E-state index contributed by atoms with van der Waals surface area (Å²) in [5.74, 6) is 0.497. The molecule has 0 bridgehead atoms. The van der Waals surface area contributed by atoms with E-state index in [1.54, 1.807) is 0 Å². The Balaban J connectivity index is 2.39. The Bertz CT molecular complexity index is 294. The summed E-state index contributed by atoms with van der Waals surface area (Å²) < 4.78 is 12.7. The predicted octanol–water partition coefficient (Wildman–Crippen LogP) is 3.52. The van der Waals surface area contributed by atoms with Crippen molar-refractivity contribution in [1.29, 1.82) is 0 Å². The summed E-state index contributed by atoms with van der Waals surface area (Å²) in [4.78, 5) is 0. The topological polar surface area (TPSA) is 26.0 Å². The zero-order chi connectivity index (χ0) is 12.0. The van der Waals surface area contributed by atoms with E-state index in [2.05, 4.69) is 13.8 Å². The molecule has 1 rings (SSSR count). The zero-order valence-electron chi connectivity index (χ0n) is 10.2. The molecule has 0 spiro atoms. The SMILES string of the molecule is CCCC(C)CC(N)Cc1ccc(F)cc1. The molecule has 0 aliphatic heterocycles. The lowest BCUT2D eigenvalue weighted by molar-refractivity contribution is 0.431. The van der Waals surface area contributed by atoms with Crippen molar-refractivity contribution in [2.75, 3.05) is 0 Å². The number of hydrogen-bond acceptors (Lipinski definition) is 1. The monoisotopic (exact) mass is 223 g/mol. The van der Waals surface area contributed by atoms with Crippen LogP contribution in [-0.4, -0.2) is 6.04 Å². The fourth-order valence-electron chi connectivity index (χ4n) is 2.13. The summed E-state index contributed by atoms with van der Waals surface area (Å²) in [5.41, 5.74) is 7.20. The zero-order valence-corrected chi connectivity index (χ0v) is 10.2. The first-order valence-corrected chi connectivity index (χ1v) is 6.11. The molecule has 0 saturated heterocycles. The summed E-state index contributed by atoms with van der Waals surface area (Å²) >= 11 is 0. The van der Waals surface area contributed by atoms with Crippen molar-refractivity contribution in [2.45, 2.75) is 45.6 Å². The summed E-state index contributed by atoms with van der Waals surface area (Å²) in [5, 5.41) is 0. The van der Waals surface area contributed by atoms with Gasteiger partial charge in [-0.15, -0.1) is 0 Å². The van der Waals surface area contributed by atoms with Crippen LogP contribution in [0, 0.1) is 11.7 Å². The molecule has 0 aliphatic carbocycles. The smallest absolute Gasteiger partial charge is 0.123 e. The third-order valence-electron chi connectivity index (χ3n) is 2.90. The van der Waals surface area contributed by atoms with Gasteiger partial charge < -0.3 is 5.73 Å². The third kappa shape index (κ3) is 4.75. The van der Waals surface area contributed by atoms with E-state index in [4.69, 9.17) is 5.73 Å². The third-order valence-corrected chi connectivity index (χ3v) is 2.90. The Morgan fingerprint density at radius 1 is 1.25 bits per heavy atom. The van der Waals surface area contributed by atoms with Crippen molar-refractivity contribution in [1.82, 2.24) is 0 Å². The van der Waals surface area contributed by atoms with Gasteiger partial charge in [0.15, 0.2) is 0 Å². The van der Waals surface area contributed by atoms with Crippen molar-refractivity contribution < 1.29 is 4.39 Å². The standard InChI is InChI=1S/C14H22FN/c1-3-4-11(2)9-14(16)10-12-5-7-13(15)8-6-12/h5-8,11,14H,3-4,9-10,16H2,1-2H3. The number of benzene rings is 1. The highest BCUT2D eigenvalue weighted by molar-refractivity contribution is 5.17. The molecule has 0 saturated carbocycles. The summed E-state index contributed by atoms with van der Waals surface area (Å²) in [6.45, 7) is 4.44. The van der Waals surface area contributed by atoms with Gasteiger partial charge in [0.2, 0.25) is 0 Å². The van der Waals surface area contributed by atoms with Gasteiger partial charge in [0.05, 0.1) is 0 Å². The first-order chi connectivity index (χ1) is 7.61. The van der Waals surface area contributed by atoms with E-state index in [1.165, 1.54) is 25.0 Å². The molecule has 0 radical (unpaired) electrons. The van der Waals surface area contributed by atoms with E-state index < -0.39 is 0 Å². The lowest BCUT2D eigenvalue weighted by Gasteiger charge is -2.16. The average molecular weight is 223 g/mol. The van der Waals surface area contributed by atoms with E-state index in [0.717, 1.165) is 18.4 Å². The minimum absolute atomic E-state index is 0.184. The van der Waals surface area contributed by atoms with Crippen LogP contribution in [0.3, 0.4) is 0 Å². The first kappa shape index (κ1) is 13.2. The molecule has 2 atom stereocenters. The van der Waals surface area contributed by atoms with Crippen LogP contribution in [0.2, 0.25) is 0 Å².